The minimum absolute atomic E-state index is 0.212. The Hall–Kier alpha value is -3.98. The molecule has 4 rings (SSSR count). The van der Waals surface area contributed by atoms with Crippen LogP contribution in [-0.4, -0.2) is 32.1 Å². The highest BCUT2D eigenvalue weighted by molar-refractivity contribution is 7.99. The zero-order valence-corrected chi connectivity index (χ0v) is 18.0. The summed E-state index contributed by atoms with van der Waals surface area (Å²) in [4.78, 5) is 39.4. The lowest BCUT2D eigenvalue weighted by Crippen LogP contribution is -2.54. The van der Waals surface area contributed by atoms with E-state index in [2.05, 4.69) is 5.32 Å². The molecule has 32 heavy (non-hydrogen) atoms. The number of amides is 4. The van der Waals surface area contributed by atoms with Gasteiger partial charge in [0.2, 0.25) is 0 Å². The fourth-order valence-electron chi connectivity index (χ4n) is 2.99. The molecule has 0 unspecified atom stereocenters. The van der Waals surface area contributed by atoms with Crippen molar-refractivity contribution in [2.45, 2.75) is 9.99 Å². The zero-order valence-electron chi connectivity index (χ0n) is 17.2. The van der Waals surface area contributed by atoms with Crippen LogP contribution in [0.15, 0.2) is 80.6 Å². The van der Waals surface area contributed by atoms with E-state index in [1.165, 1.54) is 24.9 Å². The third kappa shape index (κ3) is 4.37. The van der Waals surface area contributed by atoms with E-state index in [1.807, 2.05) is 24.3 Å². The highest BCUT2D eigenvalue weighted by Crippen LogP contribution is 2.31. The molecule has 1 aliphatic heterocycles. The third-order valence-electron chi connectivity index (χ3n) is 4.60. The number of anilines is 1. The van der Waals surface area contributed by atoms with Crippen molar-refractivity contribution < 1.29 is 28.3 Å². The lowest BCUT2D eigenvalue weighted by molar-refractivity contribution is -0.122. The van der Waals surface area contributed by atoms with Gasteiger partial charge in [0.1, 0.15) is 22.8 Å². The summed E-state index contributed by atoms with van der Waals surface area (Å²) in [5.41, 5.74) is 0.0951. The molecule has 3 aromatic rings. The Morgan fingerprint density at radius 2 is 1.50 bits per heavy atom. The molecule has 0 bridgehead atoms. The second-order valence-corrected chi connectivity index (χ2v) is 7.67. The Morgan fingerprint density at radius 1 is 0.875 bits per heavy atom. The Kier molecular flexibility index (Phi) is 6.00. The maximum Gasteiger partial charge on any atom is 0.335 e. The van der Waals surface area contributed by atoms with Crippen molar-refractivity contribution in [1.82, 2.24) is 5.32 Å². The van der Waals surface area contributed by atoms with Crippen molar-refractivity contribution in [2.75, 3.05) is 19.1 Å². The summed E-state index contributed by atoms with van der Waals surface area (Å²) in [6.07, 6.45) is 1.32. The minimum atomic E-state index is -0.822. The standard InChI is InChI=1S/C23H18N2O6S/c1-29-15-5-3-14(4-6-15)25-22(27)19(21(26)24-23(25)28)13-17-9-12-20(31-17)32-18-10-7-16(30-2)8-11-18/h3-13H,1-2H3,(H,24,26,28). The molecule has 9 heteroatoms. The van der Waals surface area contributed by atoms with Gasteiger partial charge in [-0.2, -0.15) is 0 Å². The van der Waals surface area contributed by atoms with Gasteiger partial charge in [-0.3, -0.25) is 14.9 Å². The van der Waals surface area contributed by atoms with Gasteiger partial charge >= 0.3 is 6.03 Å². The summed E-state index contributed by atoms with van der Waals surface area (Å²) < 4.78 is 16.0. The van der Waals surface area contributed by atoms with Gasteiger partial charge in [0.05, 0.1) is 19.9 Å². The minimum Gasteiger partial charge on any atom is -0.497 e. The van der Waals surface area contributed by atoms with Crippen LogP contribution in [-0.2, 0) is 9.59 Å². The summed E-state index contributed by atoms with van der Waals surface area (Å²) >= 11 is 1.38. The number of rotatable bonds is 6. The van der Waals surface area contributed by atoms with E-state index in [4.69, 9.17) is 13.9 Å². The molecule has 0 saturated carbocycles. The fraction of sp³-hybridized carbons (Fsp3) is 0.0870. The second-order valence-electron chi connectivity index (χ2n) is 6.59. The van der Waals surface area contributed by atoms with Crippen LogP contribution in [0.5, 0.6) is 11.5 Å². The molecule has 0 radical (unpaired) electrons. The smallest absolute Gasteiger partial charge is 0.335 e. The van der Waals surface area contributed by atoms with Crippen LogP contribution in [0.3, 0.4) is 0 Å². The summed E-state index contributed by atoms with van der Waals surface area (Å²) in [5, 5.41) is 2.76. The summed E-state index contributed by atoms with van der Waals surface area (Å²) in [6, 6.07) is 16.4. The van der Waals surface area contributed by atoms with Gasteiger partial charge in [-0.1, -0.05) is 11.8 Å². The largest absolute Gasteiger partial charge is 0.497 e. The highest BCUT2D eigenvalue weighted by atomic mass is 32.2. The normalized spacial score (nSPS) is 15.1. The Balaban J connectivity index is 1.56. The average molecular weight is 450 g/mol. The van der Waals surface area contributed by atoms with Crippen molar-refractivity contribution >= 4 is 41.4 Å². The van der Waals surface area contributed by atoms with Crippen molar-refractivity contribution in [3.05, 3.63) is 72.0 Å². The Labute approximate surface area is 187 Å². The molecular formula is C23H18N2O6S. The summed E-state index contributed by atoms with van der Waals surface area (Å²) in [6.45, 7) is 0. The molecule has 4 amide bonds. The number of ether oxygens (including phenoxy) is 2. The molecule has 2 aromatic carbocycles. The van der Waals surface area contributed by atoms with Gasteiger partial charge in [-0.15, -0.1) is 0 Å². The van der Waals surface area contributed by atoms with Crippen LogP contribution < -0.4 is 19.7 Å². The average Bonchev–Trinajstić information content (AvgIpc) is 3.24. The van der Waals surface area contributed by atoms with Crippen molar-refractivity contribution in [1.29, 1.82) is 0 Å². The molecular weight excluding hydrogens is 432 g/mol. The van der Waals surface area contributed by atoms with Crippen LogP contribution in [0.2, 0.25) is 0 Å². The van der Waals surface area contributed by atoms with Crippen LogP contribution in [0.1, 0.15) is 5.76 Å². The highest BCUT2D eigenvalue weighted by Gasteiger charge is 2.37. The lowest BCUT2D eigenvalue weighted by atomic mass is 10.1. The molecule has 1 N–H and O–H groups in total. The fourth-order valence-corrected chi connectivity index (χ4v) is 3.77. The lowest BCUT2D eigenvalue weighted by Gasteiger charge is -2.26. The SMILES string of the molecule is COc1ccc(Sc2ccc(C=C3C(=O)NC(=O)N(c4ccc(OC)cc4)C3=O)o2)cc1. The topological polar surface area (TPSA) is 98.1 Å². The van der Waals surface area contributed by atoms with E-state index in [9.17, 15) is 14.4 Å². The molecule has 0 spiro atoms. The number of nitrogens with one attached hydrogen (secondary N) is 1. The van der Waals surface area contributed by atoms with E-state index in [0.717, 1.165) is 15.5 Å². The van der Waals surface area contributed by atoms with Crippen molar-refractivity contribution in [3.63, 3.8) is 0 Å². The molecule has 1 aromatic heterocycles. The van der Waals surface area contributed by atoms with Crippen LogP contribution in [0, 0.1) is 0 Å². The summed E-state index contributed by atoms with van der Waals surface area (Å²) in [7, 11) is 3.11. The van der Waals surface area contributed by atoms with Crippen LogP contribution in [0.25, 0.3) is 6.08 Å². The van der Waals surface area contributed by atoms with Crippen molar-refractivity contribution in [3.8, 4) is 11.5 Å². The van der Waals surface area contributed by atoms with Gasteiger partial charge in [0.15, 0.2) is 5.09 Å². The number of furan rings is 1. The second kappa shape index (κ2) is 9.03. The quantitative estimate of drug-likeness (QED) is 0.446. The first-order valence-electron chi connectivity index (χ1n) is 9.46. The maximum atomic E-state index is 12.9. The predicted molar refractivity (Wildman–Crippen MR) is 118 cm³/mol. The molecule has 1 aliphatic rings. The summed E-state index contributed by atoms with van der Waals surface area (Å²) in [5.74, 6) is 0.0960. The number of carbonyl (C=O) groups excluding carboxylic acids is 3. The first-order valence-corrected chi connectivity index (χ1v) is 10.3. The van der Waals surface area contributed by atoms with E-state index in [0.29, 0.717) is 22.3 Å². The molecule has 2 heterocycles. The number of carbonyl (C=O) groups is 3. The molecule has 0 atom stereocenters. The number of urea groups is 1. The van der Waals surface area contributed by atoms with Gasteiger partial charge in [0.25, 0.3) is 11.8 Å². The van der Waals surface area contributed by atoms with Gasteiger partial charge in [-0.05, 0) is 66.7 Å². The zero-order chi connectivity index (χ0) is 22.7. The molecule has 1 fully saturated rings. The predicted octanol–water partition coefficient (Wildman–Crippen LogP) is 4.11. The number of methoxy groups -OCH3 is 2. The number of hydrogen-bond donors (Lipinski definition) is 1. The number of hydrogen-bond acceptors (Lipinski definition) is 7. The number of nitrogens with zero attached hydrogens (tertiary/aromatic N) is 1. The van der Waals surface area contributed by atoms with E-state index in [-0.39, 0.29) is 5.57 Å². The molecule has 8 nitrogen and oxygen atoms in total. The Bertz CT molecular complexity index is 1200. The molecule has 0 aliphatic carbocycles. The van der Waals surface area contributed by atoms with E-state index >= 15 is 0 Å². The van der Waals surface area contributed by atoms with Crippen molar-refractivity contribution in [2.24, 2.45) is 0 Å². The van der Waals surface area contributed by atoms with Crippen LogP contribution in [0.4, 0.5) is 10.5 Å². The third-order valence-corrected chi connectivity index (χ3v) is 5.53. The number of barbiturate groups is 1. The monoisotopic (exact) mass is 450 g/mol. The first-order chi connectivity index (χ1) is 15.5. The number of benzene rings is 2. The van der Waals surface area contributed by atoms with Gasteiger partial charge in [-0.25, -0.2) is 9.69 Å². The molecule has 162 valence electrons. The number of imide groups is 2. The van der Waals surface area contributed by atoms with E-state index in [1.54, 1.807) is 43.5 Å². The molecule has 1 saturated heterocycles. The maximum absolute atomic E-state index is 12.9. The Morgan fingerprint density at radius 3 is 2.12 bits per heavy atom. The van der Waals surface area contributed by atoms with E-state index < -0.39 is 17.8 Å². The van der Waals surface area contributed by atoms with Crippen LogP contribution >= 0.6 is 11.8 Å². The first kappa shape index (κ1) is 21.3. The van der Waals surface area contributed by atoms with Gasteiger partial charge < -0.3 is 13.9 Å². The van der Waals surface area contributed by atoms with Gasteiger partial charge in [0, 0.05) is 4.90 Å².